The van der Waals surface area contributed by atoms with Crippen LogP contribution in [0, 0.1) is 11.6 Å². The minimum atomic E-state index is -1.59. The van der Waals surface area contributed by atoms with E-state index < -0.39 is 35.1 Å². The lowest BCUT2D eigenvalue weighted by molar-refractivity contribution is -0.0468. The number of halogens is 2. The molecule has 0 spiro atoms. The number of H-pyrrole nitrogens is 1. The minimum absolute atomic E-state index is 0.00239. The zero-order chi connectivity index (χ0) is 44.5. The van der Waals surface area contributed by atoms with Gasteiger partial charge in [0.05, 0.1) is 5.56 Å². The monoisotopic (exact) mass is 868 g/mol. The molecule has 7 aromatic carbocycles. The highest BCUT2D eigenvalue weighted by Crippen LogP contribution is 2.54. The first kappa shape index (κ1) is 40.5. The van der Waals surface area contributed by atoms with Gasteiger partial charge in [0.1, 0.15) is 17.9 Å². The second-order valence-corrected chi connectivity index (χ2v) is 15.2. The number of nitrogens with one attached hydrogen (secondary N) is 1. The number of carbonyl (C=O) groups excluding carboxylic acids is 3. The van der Waals surface area contributed by atoms with Crippen LogP contribution in [0.25, 0.3) is 0 Å². The summed E-state index contributed by atoms with van der Waals surface area (Å²) in [7, 11) is 0. The molecule has 8 aromatic rings. The highest BCUT2D eigenvalue weighted by molar-refractivity contribution is 5.95. The molecule has 2 aliphatic heterocycles. The second-order valence-electron chi connectivity index (χ2n) is 15.2. The fourth-order valence-corrected chi connectivity index (χ4v) is 7.88. The molecule has 65 heavy (non-hydrogen) atoms. The Bertz CT molecular complexity index is 2990. The van der Waals surface area contributed by atoms with Crippen LogP contribution in [0.2, 0.25) is 0 Å². The Labute approximate surface area is 369 Å². The number of fused-ring (bicyclic) bond motifs is 2. The van der Waals surface area contributed by atoms with Gasteiger partial charge in [0, 0.05) is 39.6 Å². The Morgan fingerprint density at radius 1 is 0.554 bits per heavy atom. The Hall–Kier alpha value is -8.58. The minimum Gasteiger partial charge on any atom is -0.440 e. The summed E-state index contributed by atoms with van der Waals surface area (Å²) in [6, 6.07) is 46.9. The normalized spacial score (nSPS) is 13.8. The van der Waals surface area contributed by atoms with E-state index in [4.69, 9.17) is 28.4 Å². The van der Waals surface area contributed by atoms with Crippen LogP contribution in [0.3, 0.4) is 0 Å². The molecule has 0 radical (unpaired) electrons. The van der Waals surface area contributed by atoms with Crippen molar-refractivity contribution in [2.24, 2.45) is 0 Å². The van der Waals surface area contributed by atoms with Crippen molar-refractivity contribution in [2.75, 3.05) is 0 Å². The summed E-state index contributed by atoms with van der Waals surface area (Å²) in [6.45, 7) is 0. The molecule has 3 heterocycles. The molecule has 10 rings (SSSR count). The maximum Gasteiger partial charge on any atom is 0.364 e. The van der Waals surface area contributed by atoms with Gasteiger partial charge in [-0.05, 0) is 60.9 Å². The van der Waals surface area contributed by atoms with E-state index in [2.05, 4.69) is 10.2 Å². The van der Waals surface area contributed by atoms with E-state index in [-0.39, 0.29) is 64.2 Å². The van der Waals surface area contributed by atoms with E-state index in [9.17, 15) is 23.2 Å². The highest BCUT2D eigenvalue weighted by atomic mass is 19.1. The van der Waals surface area contributed by atoms with Crippen LogP contribution in [0.15, 0.2) is 170 Å². The number of ether oxygens (including phenoxy) is 6. The molecule has 1 aromatic heterocycles. The van der Waals surface area contributed by atoms with Gasteiger partial charge >= 0.3 is 23.5 Å². The number of aromatic nitrogens is 2. The van der Waals surface area contributed by atoms with Crippen molar-refractivity contribution in [3.63, 3.8) is 0 Å². The molecule has 0 saturated heterocycles. The van der Waals surface area contributed by atoms with Crippen LogP contribution >= 0.6 is 0 Å². The van der Waals surface area contributed by atoms with E-state index >= 15 is 0 Å². The van der Waals surface area contributed by atoms with E-state index in [0.29, 0.717) is 39.8 Å². The SMILES string of the molecule is O=Cc1cc(OC(=O)c2cc(OC(=O)c3cc(CCc4cc(F)cc(F)c4)[nH]n3)c3c(c2)OC(c2ccccc2)(c2ccccc2)O3)c2c(c1)OC(c1ccccc1)(c1ccccc1)O2. The Morgan fingerprint density at radius 2 is 1.03 bits per heavy atom. The van der Waals surface area contributed by atoms with Gasteiger partial charge in [-0.1, -0.05) is 121 Å². The lowest BCUT2D eigenvalue weighted by atomic mass is 9.97. The molecule has 0 saturated carbocycles. The fourth-order valence-electron chi connectivity index (χ4n) is 7.88. The van der Waals surface area contributed by atoms with E-state index in [1.807, 2.05) is 121 Å². The molecular weight excluding hydrogens is 835 g/mol. The summed E-state index contributed by atoms with van der Waals surface area (Å²) in [6.07, 6.45) is 1.12. The molecule has 11 nitrogen and oxygen atoms in total. The number of rotatable bonds is 12. The number of benzene rings is 7. The molecular formula is C52H34F2N2O9. The number of hydrogen-bond acceptors (Lipinski definition) is 10. The van der Waals surface area contributed by atoms with Crippen molar-refractivity contribution in [3.05, 3.63) is 232 Å². The first-order chi connectivity index (χ1) is 31.7. The lowest BCUT2D eigenvalue weighted by Crippen LogP contribution is -2.36. The van der Waals surface area contributed by atoms with E-state index in [1.165, 1.54) is 42.5 Å². The molecule has 0 amide bonds. The average Bonchev–Trinajstić information content (AvgIpc) is 4.09. The van der Waals surface area contributed by atoms with Crippen molar-refractivity contribution in [2.45, 2.75) is 24.4 Å². The number of esters is 2. The Kier molecular flexibility index (Phi) is 10.3. The second kappa shape index (κ2) is 16.6. The van der Waals surface area contributed by atoms with Gasteiger partial charge in [0.15, 0.2) is 28.7 Å². The number of hydrogen-bond donors (Lipinski definition) is 1. The quantitative estimate of drug-likeness (QED) is 0.0718. The topological polar surface area (TPSA) is 135 Å². The molecule has 0 bridgehead atoms. The molecule has 320 valence electrons. The smallest absolute Gasteiger partial charge is 0.364 e. The van der Waals surface area contributed by atoms with Crippen molar-refractivity contribution in [1.29, 1.82) is 0 Å². The van der Waals surface area contributed by atoms with Gasteiger partial charge < -0.3 is 28.4 Å². The number of aromatic amines is 1. The third-order valence-corrected chi connectivity index (χ3v) is 10.9. The highest BCUT2D eigenvalue weighted by Gasteiger charge is 2.49. The van der Waals surface area contributed by atoms with Crippen LogP contribution in [-0.4, -0.2) is 28.4 Å². The van der Waals surface area contributed by atoms with Gasteiger partial charge in [0.2, 0.25) is 11.5 Å². The number of carbonyl (C=O) groups is 3. The van der Waals surface area contributed by atoms with Crippen LogP contribution in [-0.2, 0) is 24.4 Å². The number of aldehydes is 1. The molecule has 0 fully saturated rings. The molecule has 0 aliphatic carbocycles. The van der Waals surface area contributed by atoms with E-state index in [0.717, 1.165) is 6.07 Å². The number of aryl methyl sites for hydroxylation is 2. The first-order valence-electron chi connectivity index (χ1n) is 20.4. The summed E-state index contributed by atoms with van der Waals surface area (Å²) in [5, 5.41) is 6.91. The van der Waals surface area contributed by atoms with Crippen LogP contribution in [0.5, 0.6) is 34.5 Å². The predicted molar refractivity (Wildman–Crippen MR) is 230 cm³/mol. The first-order valence-corrected chi connectivity index (χ1v) is 20.4. The maximum absolute atomic E-state index is 14.5. The maximum atomic E-state index is 14.5. The largest absolute Gasteiger partial charge is 0.440 e. The summed E-state index contributed by atoms with van der Waals surface area (Å²) >= 11 is 0. The van der Waals surface area contributed by atoms with Crippen molar-refractivity contribution < 1.29 is 51.6 Å². The summed E-state index contributed by atoms with van der Waals surface area (Å²) in [5.41, 5.74) is 3.28. The molecule has 1 N–H and O–H groups in total. The third-order valence-electron chi connectivity index (χ3n) is 10.9. The van der Waals surface area contributed by atoms with Gasteiger partial charge in [-0.15, -0.1) is 0 Å². The third kappa shape index (κ3) is 7.69. The van der Waals surface area contributed by atoms with Crippen molar-refractivity contribution >= 4 is 18.2 Å². The lowest BCUT2D eigenvalue weighted by Gasteiger charge is -2.28. The summed E-state index contributed by atoms with van der Waals surface area (Å²) in [4.78, 5) is 40.6. The van der Waals surface area contributed by atoms with Crippen LogP contribution in [0.4, 0.5) is 8.78 Å². The summed E-state index contributed by atoms with van der Waals surface area (Å²) < 4.78 is 66.2. The molecule has 2 aliphatic rings. The number of nitrogens with zero attached hydrogens (tertiary/aromatic N) is 1. The zero-order valence-corrected chi connectivity index (χ0v) is 34.0. The fraction of sp³-hybridized carbons (Fsp3) is 0.0769. The average molecular weight is 869 g/mol. The van der Waals surface area contributed by atoms with Crippen LogP contribution < -0.4 is 28.4 Å². The van der Waals surface area contributed by atoms with Gasteiger partial charge in [-0.2, -0.15) is 5.10 Å². The Balaban J connectivity index is 1.01. The summed E-state index contributed by atoms with van der Waals surface area (Å²) in [5.74, 6) is -6.41. The standard InChI is InChI=1S/C52H34F2N2O9/c53-39-23-32(24-40(54)29-39)21-22-41-30-42(56-55-41)50(59)61-44-27-34(28-46-48(44)65-52(63-46,37-17-9-3-10-18-37)38-19-11-4-12-20-38)49(58)60-43-25-33(31-57)26-45-47(43)64-51(62-45,35-13-5-1-6-14-35)36-15-7-2-8-16-36/h1-20,23-31H,21-22H2,(H,55,56). The van der Waals surface area contributed by atoms with Crippen LogP contribution in [0.1, 0.15) is 64.7 Å². The van der Waals surface area contributed by atoms with Gasteiger partial charge in [0.25, 0.3) is 0 Å². The Morgan fingerprint density at radius 3 is 1.54 bits per heavy atom. The predicted octanol–water partition coefficient (Wildman–Crippen LogP) is 10.1. The molecule has 13 heteroatoms. The van der Waals surface area contributed by atoms with Gasteiger partial charge in [-0.3, -0.25) is 9.89 Å². The van der Waals surface area contributed by atoms with Crippen molar-refractivity contribution in [1.82, 2.24) is 10.2 Å². The van der Waals surface area contributed by atoms with Crippen molar-refractivity contribution in [3.8, 4) is 34.5 Å². The van der Waals surface area contributed by atoms with E-state index in [1.54, 1.807) is 0 Å². The van der Waals surface area contributed by atoms with Gasteiger partial charge in [-0.25, -0.2) is 18.4 Å². The molecule has 0 atom stereocenters. The molecule has 0 unspecified atom stereocenters. The zero-order valence-electron chi connectivity index (χ0n) is 34.0.